The number of pyridine rings is 1. The average Bonchev–Trinajstić information content (AvgIpc) is 3.03. The molecular formula is C23H28N4O2. The Morgan fingerprint density at radius 2 is 1.76 bits per heavy atom. The Hall–Kier alpha value is -3.15. The Labute approximate surface area is 171 Å². The zero-order valence-electron chi connectivity index (χ0n) is 17.5. The fourth-order valence-corrected chi connectivity index (χ4v) is 3.34. The number of hydrogen-bond donors (Lipinski definition) is 2. The van der Waals surface area contributed by atoms with Crippen LogP contribution in [-0.4, -0.2) is 34.3 Å². The van der Waals surface area contributed by atoms with Crippen LogP contribution in [0.4, 0.5) is 0 Å². The molecule has 0 aliphatic heterocycles. The van der Waals surface area contributed by atoms with Crippen LogP contribution in [0.3, 0.4) is 0 Å². The third-order valence-electron chi connectivity index (χ3n) is 5.10. The van der Waals surface area contributed by atoms with E-state index in [-0.39, 0.29) is 18.2 Å². The zero-order chi connectivity index (χ0) is 21.0. The van der Waals surface area contributed by atoms with Gasteiger partial charge in [-0.2, -0.15) is 0 Å². The number of nitrogens with zero attached hydrogens (tertiary/aromatic N) is 2. The molecule has 6 nitrogen and oxygen atoms in total. The van der Waals surface area contributed by atoms with Gasteiger partial charge in [0.1, 0.15) is 5.65 Å². The summed E-state index contributed by atoms with van der Waals surface area (Å²) < 4.78 is 2.01. The first-order chi connectivity index (χ1) is 13.9. The number of fused-ring (bicyclic) bond motifs is 1. The van der Waals surface area contributed by atoms with Crippen LogP contribution in [0.1, 0.15) is 35.7 Å². The Bertz CT molecular complexity index is 1050. The largest absolute Gasteiger partial charge is 0.356 e. The quantitative estimate of drug-likeness (QED) is 0.607. The van der Waals surface area contributed by atoms with Gasteiger partial charge in [-0.1, -0.05) is 18.2 Å². The fourth-order valence-electron chi connectivity index (χ4n) is 3.34. The van der Waals surface area contributed by atoms with E-state index in [1.54, 1.807) is 0 Å². The second-order valence-electron chi connectivity index (χ2n) is 7.45. The van der Waals surface area contributed by atoms with Gasteiger partial charge in [-0.25, -0.2) is 4.98 Å². The topological polar surface area (TPSA) is 75.5 Å². The highest BCUT2D eigenvalue weighted by atomic mass is 16.2. The standard InChI is InChI=1S/C23H28N4O2/c1-15-8-9-19(13-17(15)3)22-20(27-12-5-7-16(2)23(27)26-22)14-21(29)25-11-6-10-24-18(4)28/h5,7-9,12-13H,6,10-11,14H2,1-4H3,(H,24,28)(H,25,29). The molecule has 0 radical (unpaired) electrons. The summed E-state index contributed by atoms with van der Waals surface area (Å²) in [5, 5.41) is 5.67. The third kappa shape index (κ3) is 4.83. The van der Waals surface area contributed by atoms with Crippen LogP contribution < -0.4 is 10.6 Å². The predicted octanol–water partition coefficient (Wildman–Crippen LogP) is 3.11. The Morgan fingerprint density at radius 3 is 2.48 bits per heavy atom. The van der Waals surface area contributed by atoms with Crippen molar-refractivity contribution in [2.24, 2.45) is 0 Å². The van der Waals surface area contributed by atoms with Gasteiger partial charge in [0.05, 0.1) is 17.8 Å². The summed E-state index contributed by atoms with van der Waals surface area (Å²) in [6.45, 7) is 8.76. The molecule has 152 valence electrons. The molecule has 0 saturated heterocycles. The molecular weight excluding hydrogens is 364 g/mol. The van der Waals surface area contributed by atoms with Crippen molar-refractivity contribution in [1.29, 1.82) is 0 Å². The van der Waals surface area contributed by atoms with Crippen LogP contribution in [-0.2, 0) is 16.0 Å². The summed E-state index contributed by atoms with van der Waals surface area (Å²) >= 11 is 0. The average molecular weight is 393 g/mol. The van der Waals surface area contributed by atoms with Gasteiger partial charge in [-0.05, 0) is 56.0 Å². The summed E-state index contributed by atoms with van der Waals surface area (Å²) in [7, 11) is 0. The smallest absolute Gasteiger partial charge is 0.226 e. The van der Waals surface area contributed by atoms with E-state index in [0.29, 0.717) is 19.5 Å². The number of imidazole rings is 1. The van der Waals surface area contributed by atoms with Gasteiger partial charge in [0.25, 0.3) is 0 Å². The second-order valence-corrected chi connectivity index (χ2v) is 7.45. The number of carbonyl (C=O) groups is 2. The molecule has 3 aromatic rings. The highest BCUT2D eigenvalue weighted by Gasteiger charge is 2.18. The summed E-state index contributed by atoms with van der Waals surface area (Å²) in [4.78, 5) is 28.4. The highest BCUT2D eigenvalue weighted by molar-refractivity contribution is 5.82. The normalized spacial score (nSPS) is 10.9. The van der Waals surface area contributed by atoms with Gasteiger partial charge >= 0.3 is 0 Å². The van der Waals surface area contributed by atoms with Crippen molar-refractivity contribution in [3.63, 3.8) is 0 Å². The SMILES string of the molecule is CC(=O)NCCCNC(=O)Cc1c(-c2ccc(C)c(C)c2)nc2c(C)cccn12. The van der Waals surface area contributed by atoms with Crippen LogP contribution in [0.5, 0.6) is 0 Å². The first-order valence-corrected chi connectivity index (χ1v) is 9.92. The number of nitrogens with one attached hydrogen (secondary N) is 2. The molecule has 2 amide bonds. The molecule has 0 aliphatic rings. The fraction of sp³-hybridized carbons (Fsp3) is 0.348. The Kier molecular flexibility index (Phi) is 6.32. The van der Waals surface area contributed by atoms with E-state index in [1.807, 2.05) is 29.7 Å². The molecule has 0 atom stereocenters. The molecule has 2 heterocycles. The second kappa shape index (κ2) is 8.90. The first-order valence-electron chi connectivity index (χ1n) is 9.92. The van der Waals surface area contributed by atoms with Crippen molar-refractivity contribution in [2.45, 2.75) is 40.5 Å². The highest BCUT2D eigenvalue weighted by Crippen LogP contribution is 2.27. The zero-order valence-corrected chi connectivity index (χ0v) is 17.5. The molecule has 1 aromatic carbocycles. The van der Waals surface area contributed by atoms with Crippen molar-refractivity contribution in [1.82, 2.24) is 20.0 Å². The van der Waals surface area contributed by atoms with Gasteiger partial charge in [0.2, 0.25) is 11.8 Å². The van der Waals surface area contributed by atoms with Crippen LogP contribution in [0.25, 0.3) is 16.9 Å². The molecule has 0 spiro atoms. The van der Waals surface area contributed by atoms with E-state index in [9.17, 15) is 9.59 Å². The van der Waals surface area contributed by atoms with Gasteiger partial charge in [-0.3, -0.25) is 9.59 Å². The summed E-state index contributed by atoms with van der Waals surface area (Å²) in [6.07, 6.45) is 2.90. The van der Waals surface area contributed by atoms with Gasteiger partial charge in [0.15, 0.2) is 0 Å². The summed E-state index contributed by atoms with van der Waals surface area (Å²) in [6, 6.07) is 10.3. The maximum Gasteiger partial charge on any atom is 0.226 e. The van der Waals surface area contributed by atoms with Crippen molar-refractivity contribution in [3.8, 4) is 11.3 Å². The summed E-state index contributed by atoms with van der Waals surface area (Å²) in [5.74, 6) is -0.114. The lowest BCUT2D eigenvalue weighted by Crippen LogP contribution is -2.30. The van der Waals surface area contributed by atoms with Gasteiger partial charge < -0.3 is 15.0 Å². The monoisotopic (exact) mass is 392 g/mol. The van der Waals surface area contributed by atoms with E-state index < -0.39 is 0 Å². The third-order valence-corrected chi connectivity index (χ3v) is 5.10. The molecule has 2 N–H and O–H groups in total. The Balaban J connectivity index is 1.85. The maximum absolute atomic E-state index is 12.6. The summed E-state index contributed by atoms with van der Waals surface area (Å²) in [5.41, 5.74) is 7.11. The van der Waals surface area contributed by atoms with Crippen LogP contribution in [0.15, 0.2) is 36.5 Å². The Morgan fingerprint density at radius 1 is 1.00 bits per heavy atom. The van der Waals surface area contributed by atoms with Crippen molar-refractivity contribution >= 4 is 17.5 Å². The van der Waals surface area contributed by atoms with E-state index in [4.69, 9.17) is 4.98 Å². The number of benzene rings is 1. The molecule has 2 aromatic heterocycles. The first kappa shape index (κ1) is 20.6. The van der Waals surface area contributed by atoms with Crippen LogP contribution >= 0.6 is 0 Å². The molecule has 3 rings (SSSR count). The number of carbonyl (C=O) groups excluding carboxylic acids is 2. The minimum atomic E-state index is -0.0598. The molecule has 0 aliphatic carbocycles. The lowest BCUT2D eigenvalue weighted by Gasteiger charge is -2.09. The lowest BCUT2D eigenvalue weighted by atomic mass is 10.0. The minimum absolute atomic E-state index is 0.0544. The maximum atomic E-state index is 12.6. The number of aromatic nitrogens is 2. The van der Waals surface area contributed by atoms with Crippen LogP contribution in [0, 0.1) is 20.8 Å². The van der Waals surface area contributed by atoms with Crippen molar-refractivity contribution in [2.75, 3.05) is 13.1 Å². The number of aryl methyl sites for hydroxylation is 3. The van der Waals surface area contributed by atoms with E-state index >= 15 is 0 Å². The number of rotatable bonds is 7. The number of amides is 2. The lowest BCUT2D eigenvalue weighted by molar-refractivity contribution is -0.120. The molecule has 29 heavy (non-hydrogen) atoms. The van der Waals surface area contributed by atoms with E-state index in [2.05, 4.69) is 42.7 Å². The van der Waals surface area contributed by atoms with Gasteiger partial charge in [-0.15, -0.1) is 0 Å². The molecule has 0 unspecified atom stereocenters. The predicted molar refractivity (Wildman–Crippen MR) is 115 cm³/mol. The molecule has 0 bridgehead atoms. The minimum Gasteiger partial charge on any atom is -0.356 e. The molecule has 0 saturated carbocycles. The van der Waals surface area contributed by atoms with Crippen LogP contribution in [0.2, 0.25) is 0 Å². The van der Waals surface area contributed by atoms with E-state index in [1.165, 1.54) is 18.1 Å². The molecule has 6 heteroatoms. The van der Waals surface area contributed by atoms with Crippen molar-refractivity contribution in [3.05, 3.63) is 58.9 Å². The van der Waals surface area contributed by atoms with E-state index in [0.717, 1.165) is 28.2 Å². The van der Waals surface area contributed by atoms with Crippen molar-refractivity contribution < 1.29 is 9.59 Å². The molecule has 0 fully saturated rings. The number of hydrogen-bond acceptors (Lipinski definition) is 3. The van der Waals surface area contributed by atoms with Gasteiger partial charge in [0, 0.05) is 31.8 Å².